The Morgan fingerprint density at radius 3 is 1.71 bits per heavy atom. The van der Waals surface area contributed by atoms with Crippen LogP contribution < -0.4 is 4.72 Å². The third-order valence-corrected chi connectivity index (χ3v) is 5.57. The van der Waals surface area contributed by atoms with Gasteiger partial charge in [-0.3, -0.25) is 4.55 Å². The molecule has 0 atom stereocenters. The lowest BCUT2D eigenvalue weighted by Gasteiger charge is -2.33. The zero-order chi connectivity index (χ0) is 22.4. The van der Waals surface area contributed by atoms with E-state index in [-0.39, 0.29) is 0 Å². The second-order valence-corrected chi connectivity index (χ2v) is 8.27. The molecular formula is C11H8F9NO5S2. The molecule has 0 unspecified atom stereocenters. The van der Waals surface area contributed by atoms with E-state index < -0.39 is 60.4 Å². The van der Waals surface area contributed by atoms with Crippen molar-refractivity contribution >= 4 is 20.1 Å². The van der Waals surface area contributed by atoms with Crippen molar-refractivity contribution in [1.29, 1.82) is 0 Å². The molecule has 0 bridgehead atoms. The fraction of sp³-hybridized carbons (Fsp3) is 0.455. The van der Waals surface area contributed by atoms with Crippen molar-refractivity contribution in [1.82, 2.24) is 4.72 Å². The first kappa shape index (κ1) is 24.4. The molecule has 2 N–H and O–H groups in total. The van der Waals surface area contributed by atoms with Crippen LogP contribution in [0.4, 0.5) is 39.5 Å². The molecule has 1 rings (SSSR count). The maximum absolute atomic E-state index is 13.5. The van der Waals surface area contributed by atoms with Gasteiger partial charge in [0.1, 0.15) is 0 Å². The minimum absolute atomic E-state index is 0.624. The summed E-state index contributed by atoms with van der Waals surface area (Å²) in [5.41, 5.74) is -0.796. The van der Waals surface area contributed by atoms with Crippen LogP contribution in [0, 0.1) is 0 Å². The van der Waals surface area contributed by atoms with E-state index in [4.69, 9.17) is 4.55 Å². The van der Waals surface area contributed by atoms with Crippen molar-refractivity contribution in [3.63, 3.8) is 0 Å². The molecule has 0 spiro atoms. The van der Waals surface area contributed by atoms with Gasteiger partial charge in [0.25, 0.3) is 20.1 Å². The zero-order valence-electron chi connectivity index (χ0n) is 12.8. The highest BCUT2D eigenvalue weighted by molar-refractivity contribution is 7.90. The van der Waals surface area contributed by atoms with Gasteiger partial charge in [-0.15, -0.1) is 0 Å². The highest BCUT2D eigenvalue weighted by Gasteiger charge is 2.85. The number of nitrogens with one attached hydrogen (secondary N) is 1. The predicted octanol–water partition coefficient (Wildman–Crippen LogP) is 2.78. The van der Waals surface area contributed by atoms with E-state index in [1.54, 1.807) is 0 Å². The van der Waals surface area contributed by atoms with Crippen LogP contribution in [0.2, 0.25) is 0 Å². The van der Waals surface area contributed by atoms with E-state index in [1.165, 1.54) is 0 Å². The maximum Gasteiger partial charge on any atom is 0.460 e. The number of sulfonamides is 1. The van der Waals surface area contributed by atoms with Crippen molar-refractivity contribution in [3.05, 3.63) is 29.8 Å². The third-order valence-electron chi connectivity index (χ3n) is 3.16. The molecule has 1 aromatic carbocycles. The summed E-state index contributed by atoms with van der Waals surface area (Å²) in [4.78, 5) is -1.06. The first-order valence-electron chi connectivity index (χ1n) is 6.45. The van der Waals surface area contributed by atoms with E-state index in [1.807, 2.05) is 0 Å². The Bertz CT molecular complexity index is 941. The standard InChI is InChI=1S/C11H8F9NO5S2/c12-8(13,10(16,17)18)9(14,15)11(19,20)28(25,26)21-5-6-3-1-2-4-7(6)27(22,23)24/h1-4,21H,5H2,(H,22,23,24). The molecule has 0 aliphatic rings. The number of rotatable bonds is 7. The highest BCUT2D eigenvalue weighted by Crippen LogP contribution is 2.54. The van der Waals surface area contributed by atoms with Crippen LogP contribution >= 0.6 is 0 Å². The van der Waals surface area contributed by atoms with E-state index in [0.717, 1.165) is 12.1 Å². The lowest BCUT2D eigenvalue weighted by Crippen LogP contribution is -2.64. The lowest BCUT2D eigenvalue weighted by atomic mass is 10.1. The molecule has 6 nitrogen and oxygen atoms in total. The number of hydrogen-bond acceptors (Lipinski definition) is 4. The zero-order valence-corrected chi connectivity index (χ0v) is 14.4. The Kier molecular flexibility index (Phi) is 6.14. The Balaban J connectivity index is 3.31. The van der Waals surface area contributed by atoms with Crippen molar-refractivity contribution in [2.75, 3.05) is 0 Å². The molecule has 0 heterocycles. The summed E-state index contributed by atoms with van der Waals surface area (Å²) < 4.78 is 169. The van der Waals surface area contributed by atoms with Crippen LogP contribution in [0.15, 0.2) is 29.2 Å². The molecular weight excluding hydrogens is 461 g/mol. The molecule has 1 aromatic rings. The summed E-state index contributed by atoms with van der Waals surface area (Å²) in [5, 5.41) is -6.97. The van der Waals surface area contributed by atoms with Crippen molar-refractivity contribution in [2.45, 2.75) is 34.7 Å². The second kappa shape index (κ2) is 7.03. The van der Waals surface area contributed by atoms with Gasteiger partial charge in [-0.05, 0) is 11.6 Å². The summed E-state index contributed by atoms with van der Waals surface area (Å²) in [7, 11) is -12.0. The van der Waals surface area contributed by atoms with Gasteiger partial charge in [-0.25, -0.2) is 13.1 Å². The number of halogens is 9. The normalized spacial score (nSPS) is 14.9. The van der Waals surface area contributed by atoms with E-state index >= 15 is 0 Å². The molecule has 0 aromatic heterocycles. The molecule has 0 saturated carbocycles. The highest BCUT2D eigenvalue weighted by atomic mass is 32.2. The minimum atomic E-state index is -7.43. The second-order valence-electron chi connectivity index (χ2n) is 5.07. The average Bonchev–Trinajstić information content (AvgIpc) is 2.50. The van der Waals surface area contributed by atoms with Crippen LogP contribution in [0.3, 0.4) is 0 Å². The summed E-state index contributed by atoms with van der Waals surface area (Å²) in [6.07, 6.45) is -7.22. The molecule has 0 aliphatic heterocycles. The monoisotopic (exact) mass is 469 g/mol. The number of hydrogen-bond donors (Lipinski definition) is 2. The van der Waals surface area contributed by atoms with Crippen LogP contribution in [0.25, 0.3) is 0 Å². The molecule has 0 radical (unpaired) electrons. The Labute approximate surface area is 151 Å². The van der Waals surface area contributed by atoms with Crippen LogP contribution in [0.1, 0.15) is 5.56 Å². The van der Waals surface area contributed by atoms with Crippen molar-refractivity contribution in [3.8, 4) is 0 Å². The maximum atomic E-state index is 13.5. The Hall–Kier alpha value is -1.59. The average molecular weight is 469 g/mol. The lowest BCUT2D eigenvalue weighted by molar-refractivity contribution is -0.382. The molecule has 162 valence electrons. The predicted molar refractivity (Wildman–Crippen MR) is 72.9 cm³/mol. The summed E-state index contributed by atoms with van der Waals surface area (Å²) in [6, 6.07) is 3.33. The van der Waals surface area contributed by atoms with Gasteiger partial charge in [0.15, 0.2) is 0 Å². The van der Waals surface area contributed by atoms with Gasteiger partial charge in [-0.1, -0.05) is 18.2 Å². The quantitative estimate of drug-likeness (QED) is 0.473. The largest absolute Gasteiger partial charge is 0.460 e. The fourth-order valence-electron chi connectivity index (χ4n) is 1.69. The van der Waals surface area contributed by atoms with Gasteiger partial charge in [-0.2, -0.15) is 47.9 Å². The summed E-state index contributed by atoms with van der Waals surface area (Å²) >= 11 is 0. The topological polar surface area (TPSA) is 101 Å². The Morgan fingerprint density at radius 2 is 1.29 bits per heavy atom. The fourth-order valence-corrected chi connectivity index (χ4v) is 3.41. The first-order chi connectivity index (χ1) is 12.2. The van der Waals surface area contributed by atoms with Gasteiger partial charge in [0.05, 0.1) is 4.90 Å². The van der Waals surface area contributed by atoms with Crippen LogP contribution in [-0.4, -0.2) is 44.7 Å². The Morgan fingerprint density at radius 1 is 0.821 bits per heavy atom. The minimum Gasteiger partial charge on any atom is -0.282 e. The number of alkyl halides is 9. The molecule has 0 amide bonds. The first-order valence-corrected chi connectivity index (χ1v) is 9.37. The molecule has 0 aliphatic carbocycles. The number of benzene rings is 1. The summed E-state index contributed by atoms with van der Waals surface area (Å²) in [5.74, 6) is -14.8. The van der Waals surface area contributed by atoms with Gasteiger partial charge in [0.2, 0.25) is 0 Å². The molecule has 0 fully saturated rings. The molecule has 17 heteroatoms. The van der Waals surface area contributed by atoms with E-state index in [9.17, 15) is 56.3 Å². The van der Waals surface area contributed by atoms with E-state index in [2.05, 4.69) is 0 Å². The van der Waals surface area contributed by atoms with Gasteiger partial charge in [0, 0.05) is 6.54 Å². The third kappa shape index (κ3) is 4.06. The van der Waals surface area contributed by atoms with Gasteiger partial charge < -0.3 is 0 Å². The van der Waals surface area contributed by atoms with Crippen LogP contribution in [0.5, 0.6) is 0 Å². The molecule has 0 saturated heterocycles. The van der Waals surface area contributed by atoms with Crippen molar-refractivity contribution in [2.24, 2.45) is 0 Å². The van der Waals surface area contributed by atoms with E-state index in [0.29, 0.717) is 16.9 Å². The van der Waals surface area contributed by atoms with Crippen molar-refractivity contribution < 1.29 is 60.9 Å². The van der Waals surface area contributed by atoms with Crippen LogP contribution in [-0.2, 0) is 26.7 Å². The smallest absolute Gasteiger partial charge is 0.282 e. The molecule has 28 heavy (non-hydrogen) atoms. The SMILES string of the molecule is O=S(=O)(O)c1ccccc1CNS(=O)(=O)C(F)(F)C(F)(F)C(F)(F)C(F)(F)F. The van der Waals surface area contributed by atoms with Gasteiger partial charge >= 0.3 is 23.3 Å². The summed E-state index contributed by atoms with van der Waals surface area (Å²) in [6.45, 7) is -1.57.